The van der Waals surface area contributed by atoms with E-state index in [1.54, 1.807) is 24.3 Å². The van der Waals surface area contributed by atoms with Crippen molar-refractivity contribution in [1.82, 2.24) is 0 Å². The molecule has 0 bridgehead atoms. The van der Waals surface area contributed by atoms with Crippen molar-refractivity contribution in [2.45, 2.75) is 23.3 Å². The van der Waals surface area contributed by atoms with Gasteiger partial charge in [0.1, 0.15) is 0 Å². The van der Waals surface area contributed by atoms with Crippen LogP contribution in [0.4, 0.5) is 5.69 Å². The zero-order chi connectivity index (χ0) is 13.9. The zero-order valence-electron chi connectivity index (χ0n) is 11.1. The van der Waals surface area contributed by atoms with Gasteiger partial charge in [0.05, 0.1) is 10.4 Å². The number of hydrogen-bond acceptors (Lipinski definition) is 5. The summed E-state index contributed by atoms with van der Waals surface area (Å²) in [5.41, 5.74) is 6.61. The number of nitrogens with one attached hydrogen (secondary N) is 1. The maximum Gasteiger partial charge on any atom is 0.175 e. The molecule has 0 spiro atoms. The largest absolute Gasteiger partial charge is 0.381 e. The van der Waals surface area contributed by atoms with Crippen LogP contribution in [0.2, 0.25) is 0 Å². The Hall–Kier alpha value is -1.11. The standard InChI is InChI=1S/C13H20N2O3S/c1-19(16,17)12-4-2-11(3-5-12)15-13(10-14)6-8-18-9-7-13/h2-5,15H,6-10,14H2,1H3. The lowest BCUT2D eigenvalue weighted by Gasteiger charge is -2.37. The molecule has 0 unspecified atom stereocenters. The molecule has 0 aromatic heterocycles. The molecule has 19 heavy (non-hydrogen) atoms. The number of hydrogen-bond donors (Lipinski definition) is 2. The lowest BCUT2D eigenvalue weighted by molar-refractivity contribution is 0.0628. The summed E-state index contributed by atoms with van der Waals surface area (Å²) < 4.78 is 28.1. The molecule has 2 rings (SSSR count). The van der Waals surface area contributed by atoms with Crippen LogP contribution < -0.4 is 11.1 Å². The van der Waals surface area contributed by atoms with Crippen LogP contribution in [0, 0.1) is 0 Å². The summed E-state index contributed by atoms with van der Waals surface area (Å²) in [5.74, 6) is 0. The maximum atomic E-state index is 11.4. The highest BCUT2D eigenvalue weighted by atomic mass is 32.2. The third kappa shape index (κ3) is 3.46. The summed E-state index contributed by atoms with van der Waals surface area (Å²) in [5, 5.41) is 3.42. The molecular weight excluding hydrogens is 264 g/mol. The van der Waals surface area contributed by atoms with Gasteiger partial charge in [-0.2, -0.15) is 0 Å². The number of anilines is 1. The molecule has 1 fully saturated rings. The number of benzene rings is 1. The van der Waals surface area contributed by atoms with E-state index in [0.29, 0.717) is 24.7 Å². The molecule has 1 saturated heterocycles. The van der Waals surface area contributed by atoms with Crippen molar-refractivity contribution in [3.8, 4) is 0 Å². The molecule has 1 aliphatic rings. The Morgan fingerprint density at radius 3 is 2.32 bits per heavy atom. The maximum absolute atomic E-state index is 11.4. The molecule has 6 heteroatoms. The Morgan fingerprint density at radius 2 is 1.84 bits per heavy atom. The third-order valence-electron chi connectivity index (χ3n) is 3.53. The van der Waals surface area contributed by atoms with Crippen LogP contribution in [-0.2, 0) is 14.6 Å². The number of nitrogens with two attached hydrogens (primary N) is 1. The summed E-state index contributed by atoms with van der Waals surface area (Å²) in [6.45, 7) is 1.93. The van der Waals surface area contributed by atoms with Gasteiger partial charge >= 0.3 is 0 Å². The first-order valence-electron chi connectivity index (χ1n) is 6.31. The minimum Gasteiger partial charge on any atom is -0.381 e. The van der Waals surface area contributed by atoms with Crippen molar-refractivity contribution < 1.29 is 13.2 Å². The fourth-order valence-electron chi connectivity index (χ4n) is 2.23. The van der Waals surface area contributed by atoms with Gasteiger partial charge in [-0.3, -0.25) is 0 Å². The monoisotopic (exact) mass is 284 g/mol. The predicted octanol–water partition coefficient (Wildman–Crippen LogP) is 1.01. The summed E-state index contributed by atoms with van der Waals surface area (Å²) >= 11 is 0. The van der Waals surface area contributed by atoms with Crippen LogP contribution in [0.5, 0.6) is 0 Å². The smallest absolute Gasteiger partial charge is 0.175 e. The number of ether oxygens (including phenoxy) is 1. The lowest BCUT2D eigenvalue weighted by Crippen LogP contribution is -2.49. The third-order valence-corrected chi connectivity index (χ3v) is 4.66. The quantitative estimate of drug-likeness (QED) is 0.862. The van der Waals surface area contributed by atoms with Crippen LogP contribution in [-0.4, -0.2) is 40.0 Å². The van der Waals surface area contributed by atoms with Crippen LogP contribution in [0.25, 0.3) is 0 Å². The zero-order valence-corrected chi connectivity index (χ0v) is 11.9. The van der Waals surface area contributed by atoms with Crippen LogP contribution in [0.1, 0.15) is 12.8 Å². The molecule has 3 N–H and O–H groups in total. The van der Waals surface area contributed by atoms with Crippen molar-refractivity contribution >= 4 is 15.5 Å². The first-order valence-corrected chi connectivity index (χ1v) is 8.20. The van der Waals surface area contributed by atoms with Crippen molar-refractivity contribution in [1.29, 1.82) is 0 Å². The van der Waals surface area contributed by atoms with Crippen LogP contribution >= 0.6 is 0 Å². The van der Waals surface area contributed by atoms with Crippen molar-refractivity contribution in [3.05, 3.63) is 24.3 Å². The average molecular weight is 284 g/mol. The van der Waals surface area contributed by atoms with Crippen molar-refractivity contribution in [2.75, 3.05) is 31.3 Å². The molecule has 1 aliphatic heterocycles. The number of sulfone groups is 1. The molecule has 0 atom stereocenters. The Bertz CT molecular complexity index is 519. The Morgan fingerprint density at radius 1 is 1.26 bits per heavy atom. The topological polar surface area (TPSA) is 81.4 Å². The van der Waals surface area contributed by atoms with E-state index in [0.717, 1.165) is 18.5 Å². The van der Waals surface area contributed by atoms with Gasteiger partial charge in [-0.25, -0.2) is 8.42 Å². The summed E-state index contributed by atoms with van der Waals surface area (Å²) in [6.07, 6.45) is 2.92. The van der Waals surface area contributed by atoms with Gasteiger partial charge in [-0.1, -0.05) is 0 Å². The molecular formula is C13H20N2O3S. The minimum atomic E-state index is -3.15. The van der Waals surface area contributed by atoms with Gasteiger partial charge in [0, 0.05) is 31.7 Å². The van der Waals surface area contributed by atoms with Gasteiger partial charge in [-0.15, -0.1) is 0 Å². The SMILES string of the molecule is CS(=O)(=O)c1ccc(NC2(CN)CCOCC2)cc1. The van der Waals surface area contributed by atoms with Gasteiger partial charge in [0.15, 0.2) is 9.84 Å². The number of rotatable bonds is 4. The summed E-state index contributed by atoms with van der Waals surface area (Å²) in [6, 6.07) is 6.79. The fourth-order valence-corrected chi connectivity index (χ4v) is 2.86. The van der Waals surface area contributed by atoms with Crippen molar-refractivity contribution in [2.24, 2.45) is 5.73 Å². The van der Waals surface area contributed by atoms with E-state index < -0.39 is 9.84 Å². The van der Waals surface area contributed by atoms with E-state index in [-0.39, 0.29) is 5.54 Å². The van der Waals surface area contributed by atoms with E-state index in [9.17, 15) is 8.42 Å². The second kappa shape index (κ2) is 5.48. The molecule has 0 amide bonds. The van der Waals surface area contributed by atoms with Crippen LogP contribution in [0.15, 0.2) is 29.2 Å². The van der Waals surface area contributed by atoms with E-state index in [2.05, 4.69) is 5.32 Å². The minimum absolute atomic E-state index is 0.148. The van der Waals surface area contributed by atoms with Crippen LogP contribution in [0.3, 0.4) is 0 Å². The molecule has 0 aliphatic carbocycles. The van der Waals surface area contributed by atoms with Gasteiger partial charge in [-0.05, 0) is 37.1 Å². The average Bonchev–Trinajstić information content (AvgIpc) is 2.39. The molecule has 0 saturated carbocycles. The Labute approximate surface area is 114 Å². The normalized spacial score (nSPS) is 19.1. The van der Waals surface area contributed by atoms with E-state index in [1.807, 2.05) is 0 Å². The highest BCUT2D eigenvalue weighted by Crippen LogP contribution is 2.25. The molecule has 1 aromatic carbocycles. The Kier molecular flexibility index (Phi) is 4.13. The molecule has 1 heterocycles. The molecule has 0 radical (unpaired) electrons. The highest BCUT2D eigenvalue weighted by molar-refractivity contribution is 7.90. The highest BCUT2D eigenvalue weighted by Gasteiger charge is 2.30. The first kappa shape index (κ1) is 14.3. The second-order valence-corrected chi connectivity index (χ2v) is 7.03. The molecule has 5 nitrogen and oxygen atoms in total. The second-order valence-electron chi connectivity index (χ2n) is 5.02. The lowest BCUT2D eigenvalue weighted by atomic mass is 9.90. The molecule has 106 valence electrons. The van der Waals surface area contributed by atoms with Gasteiger partial charge in [0.2, 0.25) is 0 Å². The summed E-state index contributed by atoms with van der Waals surface area (Å²) in [7, 11) is -3.15. The predicted molar refractivity (Wildman–Crippen MR) is 75.0 cm³/mol. The summed E-state index contributed by atoms with van der Waals surface area (Å²) in [4.78, 5) is 0.326. The molecule has 1 aromatic rings. The van der Waals surface area contributed by atoms with E-state index in [4.69, 9.17) is 10.5 Å². The Balaban J connectivity index is 2.14. The van der Waals surface area contributed by atoms with Gasteiger partial charge < -0.3 is 15.8 Å². The van der Waals surface area contributed by atoms with E-state index >= 15 is 0 Å². The van der Waals surface area contributed by atoms with Crippen molar-refractivity contribution in [3.63, 3.8) is 0 Å². The van der Waals surface area contributed by atoms with E-state index in [1.165, 1.54) is 6.26 Å². The fraction of sp³-hybridized carbons (Fsp3) is 0.538. The first-order chi connectivity index (χ1) is 8.95. The van der Waals surface area contributed by atoms with Gasteiger partial charge in [0.25, 0.3) is 0 Å².